The van der Waals surface area contributed by atoms with Crippen LogP contribution in [-0.4, -0.2) is 24.1 Å². The highest BCUT2D eigenvalue weighted by molar-refractivity contribution is 5.69. The van der Waals surface area contributed by atoms with Crippen molar-refractivity contribution in [1.82, 2.24) is 0 Å². The molecule has 0 aliphatic rings. The smallest absolute Gasteiger partial charge is 0.309 e. The number of benzene rings is 1. The monoisotopic (exact) mass is 238 g/mol. The lowest BCUT2D eigenvalue weighted by Gasteiger charge is -2.05. The lowest BCUT2D eigenvalue weighted by atomic mass is 10.3. The van der Waals surface area contributed by atoms with Gasteiger partial charge in [-0.25, -0.2) is 0 Å². The molecular formula is C11H12NO5. The Hall–Kier alpha value is -2.11. The fourth-order valence-corrected chi connectivity index (χ4v) is 1.11. The number of nitro benzene ring substituents is 1. The summed E-state index contributed by atoms with van der Waals surface area (Å²) < 4.78 is 9.90. The molecule has 6 heteroatoms. The summed E-state index contributed by atoms with van der Waals surface area (Å²) in [5, 5.41) is 10.5. The maximum Gasteiger partial charge on any atom is 0.309 e. The van der Waals surface area contributed by atoms with Crippen LogP contribution < -0.4 is 4.74 Å². The summed E-state index contributed by atoms with van der Waals surface area (Å²) in [6.45, 7) is 2.17. The van der Waals surface area contributed by atoms with Gasteiger partial charge >= 0.3 is 5.97 Å². The van der Waals surface area contributed by atoms with Gasteiger partial charge in [-0.05, 0) is 19.1 Å². The number of non-ortho nitro benzene ring substituents is 1. The fourth-order valence-electron chi connectivity index (χ4n) is 1.11. The number of nitro groups is 1. The summed E-state index contributed by atoms with van der Waals surface area (Å²) in [4.78, 5) is 20.9. The van der Waals surface area contributed by atoms with Gasteiger partial charge in [-0.15, -0.1) is 0 Å². The van der Waals surface area contributed by atoms with Crippen LogP contribution in [0.15, 0.2) is 18.2 Å². The number of rotatable bonds is 6. The van der Waals surface area contributed by atoms with Gasteiger partial charge in [0.2, 0.25) is 0 Å². The molecule has 0 aromatic heterocycles. The quantitative estimate of drug-likeness (QED) is 0.428. The molecule has 1 radical (unpaired) electrons. The highest BCUT2D eigenvalue weighted by Gasteiger charge is 2.07. The average molecular weight is 238 g/mol. The van der Waals surface area contributed by atoms with E-state index in [1.807, 2.05) is 0 Å². The third kappa shape index (κ3) is 4.50. The summed E-state index contributed by atoms with van der Waals surface area (Å²) in [6.07, 6.45) is 0.111. The summed E-state index contributed by atoms with van der Waals surface area (Å²) in [7, 11) is 0. The zero-order valence-corrected chi connectivity index (χ0v) is 9.34. The van der Waals surface area contributed by atoms with Gasteiger partial charge in [0.05, 0.1) is 36.7 Å². The van der Waals surface area contributed by atoms with Crippen LogP contribution in [0.4, 0.5) is 5.69 Å². The van der Waals surface area contributed by atoms with Gasteiger partial charge in [-0.3, -0.25) is 14.9 Å². The Morgan fingerprint density at radius 3 is 3.00 bits per heavy atom. The second-order valence-electron chi connectivity index (χ2n) is 3.07. The summed E-state index contributed by atoms with van der Waals surface area (Å²) in [5.74, 6) is -0.0239. The maximum absolute atomic E-state index is 11.0. The predicted octanol–water partition coefficient (Wildman–Crippen LogP) is 1.73. The van der Waals surface area contributed by atoms with E-state index in [1.54, 1.807) is 6.92 Å². The van der Waals surface area contributed by atoms with Gasteiger partial charge in [0, 0.05) is 0 Å². The van der Waals surface area contributed by atoms with Crippen molar-refractivity contribution < 1.29 is 19.2 Å². The van der Waals surface area contributed by atoms with Gasteiger partial charge in [0.25, 0.3) is 5.69 Å². The van der Waals surface area contributed by atoms with E-state index in [9.17, 15) is 14.9 Å². The Bertz CT molecular complexity index is 405. The van der Waals surface area contributed by atoms with E-state index in [0.29, 0.717) is 12.4 Å². The molecule has 1 aromatic rings. The Balaban J connectivity index is 2.44. The van der Waals surface area contributed by atoms with Crippen molar-refractivity contribution in [2.75, 3.05) is 13.2 Å². The van der Waals surface area contributed by atoms with E-state index < -0.39 is 4.92 Å². The topological polar surface area (TPSA) is 78.7 Å². The highest BCUT2D eigenvalue weighted by atomic mass is 16.6. The highest BCUT2D eigenvalue weighted by Crippen LogP contribution is 2.18. The number of carbonyl (C=O) groups excluding carboxylic acids is 1. The molecular weight excluding hydrogens is 226 g/mol. The Morgan fingerprint density at radius 1 is 1.59 bits per heavy atom. The molecule has 0 fully saturated rings. The van der Waals surface area contributed by atoms with Crippen LogP contribution in [0.3, 0.4) is 0 Å². The van der Waals surface area contributed by atoms with Crippen LogP contribution in [0, 0.1) is 16.2 Å². The van der Waals surface area contributed by atoms with Crippen molar-refractivity contribution >= 4 is 11.7 Å². The predicted molar refractivity (Wildman–Crippen MR) is 58.7 cm³/mol. The average Bonchev–Trinajstić information content (AvgIpc) is 2.30. The number of hydrogen-bond acceptors (Lipinski definition) is 5. The number of hydrogen-bond donors (Lipinski definition) is 0. The molecule has 6 nitrogen and oxygen atoms in total. The number of ether oxygens (including phenoxy) is 2. The molecule has 1 aromatic carbocycles. The normalized spacial score (nSPS) is 9.71. The summed E-state index contributed by atoms with van der Waals surface area (Å²) in [5.41, 5.74) is -0.168. The van der Waals surface area contributed by atoms with Crippen molar-refractivity contribution in [3.63, 3.8) is 0 Å². The molecule has 17 heavy (non-hydrogen) atoms. The lowest BCUT2D eigenvalue weighted by molar-refractivity contribution is -0.385. The van der Waals surface area contributed by atoms with E-state index in [-0.39, 0.29) is 24.7 Å². The van der Waals surface area contributed by atoms with E-state index >= 15 is 0 Å². The Kier molecular flexibility index (Phi) is 4.93. The first-order valence-corrected chi connectivity index (χ1v) is 5.08. The minimum absolute atomic E-state index is 0.111. The van der Waals surface area contributed by atoms with Crippen molar-refractivity contribution in [2.45, 2.75) is 13.3 Å². The largest absolute Gasteiger partial charge is 0.493 e. The molecule has 91 valence electrons. The second-order valence-corrected chi connectivity index (χ2v) is 3.07. The van der Waals surface area contributed by atoms with E-state index in [2.05, 4.69) is 6.07 Å². The third-order valence-corrected chi connectivity index (χ3v) is 1.83. The molecule has 0 bridgehead atoms. The summed E-state index contributed by atoms with van der Waals surface area (Å²) in [6, 6.07) is 6.65. The molecule has 0 atom stereocenters. The van der Waals surface area contributed by atoms with E-state index in [0.717, 1.165) is 0 Å². The fraction of sp³-hybridized carbons (Fsp3) is 0.364. The van der Waals surface area contributed by atoms with Crippen LogP contribution in [-0.2, 0) is 9.53 Å². The first-order valence-electron chi connectivity index (χ1n) is 5.08. The molecule has 0 amide bonds. The van der Waals surface area contributed by atoms with Crippen molar-refractivity contribution in [3.05, 3.63) is 34.4 Å². The number of esters is 1. The number of carbonyl (C=O) groups is 1. The van der Waals surface area contributed by atoms with Gasteiger partial charge in [0.15, 0.2) is 0 Å². The zero-order chi connectivity index (χ0) is 12.7. The molecule has 0 N–H and O–H groups in total. The van der Waals surface area contributed by atoms with Crippen LogP contribution >= 0.6 is 0 Å². The van der Waals surface area contributed by atoms with Crippen molar-refractivity contribution in [2.24, 2.45) is 0 Å². The first kappa shape index (κ1) is 13.0. The molecule has 0 saturated carbocycles. The van der Waals surface area contributed by atoms with Crippen LogP contribution in [0.1, 0.15) is 13.3 Å². The molecule has 0 saturated heterocycles. The molecule has 0 spiro atoms. The van der Waals surface area contributed by atoms with Crippen molar-refractivity contribution in [1.29, 1.82) is 0 Å². The molecule has 0 aliphatic carbocycles. The SMILES string of the molecule is CCOC(=O)CCOc1cc[c]c([N+](=O)[O-])c1. The van der Waals surface area contributed by atoms with E-state index in [4.69, 9.17) is 9.47 Å². The summed E-state index contributed by atoms with van der Waals surface area (Å²) >= 11 is 0. The third-order valence-electron chi connectivity index (χ3n) is 1.83. The minimum atomic E-state index is -0.557. The van der Waals surface area contributed by atoms with Crippen LogP contribution in [0.2, 0.25) is 0 Å². The molecule has 1 rings (SSSR count). The zero-order valence-electron chi connectivity index (χ0n) is 9.34. The standard InChI is InChI=1S/C11H12NO5/c1-2-16-11(13)6-7-17-10-5-3-4-9(8-10)12(14)15/h3,5,8H,2,6-7H2,1H3. The molecule has 0 aliphatic heterocycles. The van der Waals surface area contributed by atoms with Gasteiger partial charge in [0.1, 0.15) is 5.75 Å². The number of nitrogens with zero attached hydrogens (tertiary/aromatic N) is 1. The van der Waals surface area contributed by atoms with Crippen molar-refractivity contribution in [3.8, 4) is 5.75 Å². The minimum Gasteiger partial charge on any atom is -0.493 e. The maximum atomic E-state index is 11.0. The first-order chi connectivity index (χ1) is 8.13. The van der Waals surface area contributed by atoms with E-state index in [1.165, 1.54) is 18.2 Å². The Labute approximate surface area is 98.3 Å². The Morgan fingerprint density at radius 2 is 2.35 bits per heavy atom. The molecule has 0 heterocycles. The van der Waals surface area contributed by atoms with Crippen LogP contribution in [0.25, 0.3) is 0 Å². The lowest BCUT2D eigenvalue weighted by Crippen LogP contribution is -2.09. The van der Waals surface area contributed by atoms with Gasteiger partial charge in [-0.1, -0.05) is 0 Å². The van der Waals surface area contributed by atoms with Gasteiger partial charge in [-0.2, -0.15) is 0 Å². The molecule has 0 unspecified atom stereocenters. The van der Waals surface area contributed by atoms with Gasteiger partial charge < -0.3 is 9.47 Å². The van der Waals surface area contributed by atoms with Crippen LogP contribution in [0.5, 0.6) is 5.75 Å². The second kappa shape index (κ2) is 6.47.